The quantitative estimate of drug-likeness (QED) is 0.412. The van der Waals surface area contributed by atoms with E-state index in [1.54, 1.807) is 11.2 Å². The Labute approximate surface area is 187 Å². The fourth-order valence-electron chi connectivity index (χ4n) is 3.80. The van der Waals surface area contributed by atoms with Crippen LogP contribution in [-0.2, 0) is 22.6 Å². The summed E-state index contributed by atoms with van der Waals surface area (Å²) in [7, 11) is 0. The van der Waals surface area contributed by atoms with Crippen LogP contribution in [0.15, 0.2) is 53.1 Å². The van der Waals surface area contributed by atoms with Crippen molar-refractivity contribution in [3.05, 3.63) is 60.1 Å². The van der Waals surface area contributed by atoms with Crippen molar-refractivity contribution in [2.24, 2.45) is 5.92 Å². The van der Waals surface area contributed by atoms with Crippen LogP contribution in [-0.4, -0.2) is 41.2 Å². The van der Waals surface area contributed by atoms with Crippen molar-refractivity contribution in [2.75, 3.05) is 19.6 Å². The van der Waals surface area contributed by atoms with E-state index < -0.39 is 0 Å². The molecule has 1 aromatic carbocycles. The molecule has 1 heterocycles. The molecule has 0 N–H and O–H groups in total. The van der Waals surface area contributed by atoms with Gasteiger partial charge in [-0.1, -0.05) is 63.9 Å². The molecule has 0 saturated heterocycles. The minimum absolute atomic E-state index is 0.00198. The van der Waals surface area contributed by atoms with Gasteiger partial charge in [0.1, 0.15) is 5.76 Å². The number of furan rings is 1. The molecule has 2 amide bonds. The number of benzene rings is 1. The fourth-order valence-corrected chi connectivity index (χ4v) is 3.80. The molecule has 170 valence electrons. The highest BCUT2D eigenvalue weighted by Gasteiger charge is 2.26. The van der Waals surface area contributed by atoms with Crippen LogP contribution in [0.25, 0.3) is 0 Å². The van der Waals surface area contributed by atoms with Crippen LogP contribution in [0.2, 0.25) is 0 Å². The standard InChI is InChI=1S/C26H38N2O3/c1-4-7-14-23(6-3)26(30)28(17-5-2)21-25(29)27(20-24-15-11-19-31-24)18-16-22-12-9-8-10-13-22/h8-13,15,19,23H,4-7,14,16-18,20-21H2,1-3H3. The molecule has 5 heteroatoms. The first kappa shape index (κ1) is 24.7. The summed E-state index contributed by atoms with van der Waals surface area (Å²) in [6, 6.07) is 13.9. The van der Waals surface area contributed by atoms with E-state index in [1.165, 1.54) is 5.56 Å². The zero-order valence-electron chi connectivity index (χ0n) is 19.4. The molecule has 1 atom stereocenters. The summed E-state index contributed by atoms with van der Waals surface area (Å²) in [5.74, 6) is 0.845. The highest BCUT2D eigenvalue weighted by atomic mass is 16.3. The normalized spacial score (nSPS) is 11.8. The second-order valence-electron chi connectivity index (χ2n) is 8.14. The largest absolute Gasteiger partial charge is 0.467 e. The van der Waals surface area contributed by atoms with Gasteiger partial charge >= 0.3 is 0 Å². The third-order valence-corrected chi connectivity index (χ3v) is 5.67. The molecule has 0 aliphatic heterocycles. The SMILES string of the molecule is CCCCC(CC)C(=O)N(CCC)CC(=O)N(CCc1ccccc1)Cc1ccco1. The maximum atomic E-state index is 13.3. The lowest BCUT2D eigenvalue weighted by Crippen LogP contribution is -2.45. The monoisotopic (exact) mass is 426 g/mol. The number of unbranched alkanes of at least 4 members (excludes halogenated alkanes) is 1. The maximum Gasteiger partial charge on any atom is 0.242 e. The van der Waals surface area contributed by atoms with Gasteiger partial charge in [0.05, 0.1) is 19.4 Å². The van der Waals surface area contributed by atoms with E-state index >= 15 is 0 Å². The number of nitrogens with zero attached hydrogens (tertiary/aromatic N) is 2. The van der Waals surface area contributed by atoms with Crippen molar-refractivity contribution >= 4 is 11.8 Å². The molecule has 5 nitrogen and oxygen atoms in total. The maximum absolute atomic E-state index is 13.3. The van der Waals surface area contributed by atoms with Crippen LogP contribution in [0.3, 0.4) is 0 Å². The van der Waals surface area contributed by atoms with Crippen molar-refractivity contribution in [3.63, 3.8) is 0 Å². The number of hydrogen-bond donors (Lipinski definition) is 0. The molecule has 2 aromatic rings. The lowest BCUT2D eigenvalue weighted by Gasteiger charge is -2.29. The Morgan fingerprint density at radius 1 is 0.935 bits per heavy atom. The average Bonchev–Trinajstić information content (AvgIpc) is 3.30. The van der Waals surface area contributed by atoms with Crippen molar-refractivity contribution in [3.8, 4) is 0 Å². The molecule has 0 aliphatic rings. The molecule has 31 heavy (non-hydrogen) atoms. The van der Waals surface area contributed by atoms with E-state index in [0.717, 1.165) is 44.3 Å². The smallest absolute Gasteiger partial charge is 0.242 e. The average molecular weight is 427 g/mol. The predicted octanol–water partition coefficient (Wildman–Crippen LogP) is 5.31. The van der Waals surface area contributed by atoms with Gasteiger partial charge in [0.15, 0.2) is 0 Å². The molecule has 0 aliphatic carbocycles. The van der Waals surface area contributed by atoms with Crippen molar-refractivity contribution in [1.29, 1.82) is 0 Å². The second kappa shape index (κ2) is 13.7. The highest BCUT2D eigenvalue weighted by molar-refractivity contribution is 5.86. The van der Waals surface area contributed by atoms with E-state index in [9.17, 15) is 9.59 Å². The van der Waals surface area contributed by atoms with Crippen LogP contribution in [0.5, 0.6) is 0 Å². The molecule has 0 bridgehead atoms. The summed E-state index contributed by atoms with van der Waals surface area (Å²) in [4.78, 5) is 30.0. The zero-order chi connectivity index (χ0) is 22.5. The number of hydrogen-bond acceptors (Lipinski definition) is 3. The van der Waals surface area contributed by atoms with Gasteiger partial charge in [0, 0.05) is 19.0 Å². The van der Waals surface area contributed by atoms with E-state index in [0.29, 0.717) is 19.6 Å². The number of rotatable bonds is 14. The van der Waals surface area contributed by atoms with Crippen LogP contribution in [0.4, 0.5) is 0 Å². The van der Waals surface area contributed by atoms with Gasteiger partial charge in [0.25, 0.3) is 0 Å². The van der Waals surface area contributed by atoms with Gasteiger partial charge in [-0.2, -0.15) is 0 Å². The summed E-state index contributed by atoms with van der Waals surface area (Å²) in [6.45, 7) is 8.00. The summed E-state index contributed by atoms with van der Waals surface area (Å²) in [5.41, 5.74) is 1.19. The predicted molar refractivity (Wildman–Crippen MR) is 124 cm³/mol. The Kier molecular flexibility index (Phi) is 10.9. The third kappa shape index (κ3) is 8.23. The van der Waals surface area contributed by atoms with E-state index in [4.69, 9.17) is 4.42 Å². The Morgan fingerprint density at radius 2 is 1.71 bits per heavy atom. The topological polar surface area (TPSA) is 53.8 Å². The third-order valence-electron chi connectivity index (χ3n) is 5.67. The molecule has 2 rings (SSSR count). The number of amides is 2. The van der Waals surface area contributed by atoms with Gasteiger partial charge < -0.3 is 14.2 Å². The Hall–Kier alpha value is -2.56. The molecule has 1 aromatic heterocycles. The summed E-state index contributed by atoms with van der Waals surface area (Å²) < 4.78 is 5.49. The highest BCUT2D eigenvalue weighted by Crippen LogP contribution is 2.17. The lowest BCUT2D eigenvalue weighted by atomic mass is 9.97. The Bertz CT molecular complexity index is 758. The van der Waals surface area contributed by atoms with Crippen LogP contribution in [0.1, 0.15) is 64.2 Å². The first-order chi connectivity index (χ1) is 15.1. The second-order valence-corrected chi connectivity index (χ2v) is 8.14. The van der Waals surface area contributed by atoms with Crippen LogP contribution in [0, 0.1) is 5.92 Å². The Balaban J connectivity index is 2.09. The van der Waals surface area contributed by atoms with E-state index in [-0.39, 0.29) is 24.3 Å². The van der Waals surface area contributed by atoms with E-state index in [2.05, 4.69) is 26.0 Å². The van der Waals surface area contributed by atoms with Crippen LogP contribution >= 0.6 is 0 Å². The molecular weight excluding hydrogens is 388 g/mol. The minimum Gasteiger partial charge on any atom is -0.467 e. The van der Waals surface area contributed by atoms with Crippen molar-refractivity contribution in [1.82, 2.24) is 9.80 Å². The van der Waals surface area contributed by atoms with Gasteiger partial charge in [-0.3, -0.25) is 9.59 Å². The van der Waals surface area contributed by atoms with Crippen molar-refractivity contribution < 1.29 is 14.0 Å². The number of carbonyl (C=O) groups excluding carboxylic acids is 2. The van der Waals surface area contributed by atoms with Crippen molar-refractivity contribution in [2.45, 2.75) is 65.8 Å². The fraction of sp³-hybridized carbons (Fsp3) is 0.538. The summed E-state index contributed by atoms with van der Waals surface area (Å²) >= 11 is 0. The zero-order valence-corrected chi connectivity index (χ0v) is 19.4. The Morgan fingerprint density at radius 3 is 2.32 bits per heavy atom. The summed E-state index contributed by atoms with van der Waals surface area (Å²) in [5, 5.41) is 0. The van der Waals surface area contributed by atoms with E-state index in [1.807, 2.05) is 42.2 Å². The van der Waals surface area contributed by atoms with Gasteiger partial charge in [-0.05, 0) is 43.4 Å². The molecular formula is C26H38N2O3. The first-order valence-corrected chi connectivity index (χ1v) is 11.7. The van der Waals surface area contributed by atoms with Gasteiger partial charge in [-0.15, -0.1) is 0 Å². The molecule has 1 unspecified atom stereocenters. The molecule has 0 saturated carbocycles. The minimum atomic E-state index is -0.0283. The lowest BCUT2D eigenvalue weighted by molar-refractivity contribution is -0.143. The molecule has 0 spiro atoms. The number of carbonyl (C=O) groups is 2. The van der Waals surface area contributed by atoms with Crippen LogP contribution < -0.4 is 0 Å². The van der Waals surface area contributed by atoms with Gasteiger partial charge in [0.2, 0.25) is 11.8 Å². The summed E-state index contributed by atoms with van der Waals surface area (Å²) in [6.07, 6.45) is 7.06. The molecule has 0 fully saturated rings. The van der Waals surface area contributed by atoms with Gasteiger partial charge in [-0.25, -0.2) is 0 Å². The molecule has 0 radical (unpaired) electrons. The first-order valence-electron chi connectivity index (χ1n) is 11.7.